The van der Waals surface area contributed by atoms with Crippen LogP contribution in [0.15, 0.2) is 48.5 Å². The van der Waals surface area contributed by atoms with Crippen molar-refractivity contribution in [1.29, 1.82) is 10.5 Å². The molecule has 0 spiro atoms. The summed E-state index contributed by atoms with van der Waals surface area (Å²) in [5.74, 6) is 12.5. The van der Waals surface area contributed by atoms with Crippen molar-refractivity contribution in [3.63, 3.8) is 0 Å². The Morgan fingerprint density at radius 2 is 1.04 bits per heavy atom. The molecule has 0 aliphatic carbocycles. The van der Waals surface area contributed by atoms with Crippen LogP contribution in [0.1, 0.15) is 0 Å². The first-order valence-electron chi connectivity index (χ1n) is 8.30. The van der Waals surface area contributed by atoms with Crippen molar-refractivity contribution in [1.82, 2.24) is 0 Å². The largest absolute Gasteiger partial charge is 0.497 e. The molecule has 0 unspecified atom stereocenters. The lowest BCUT2D eigenvalue weighted by atomic mass is 10.3. The van der Waals surface area contributed by atoms with Crippen molar-refractivity contribution < 1.29 is 9.47 Å². The molecule has 0 saturated carbocycles. The number of hydrogen-bond acceptors (Lipinski definition) is 6. The van der Waals surface area contributed by atoms with Gasteiger partial charge in [0.25, 0.3) is 0 Å². The molecule has 0 N–H and O–H groups in total. The van der Waals surface area contributed by atoms with Crippen molar-refractivity contribution in [2.45, 2.75) is 0 Å². The van der Waals surface area contributed by atoms with Crippen LogP contribution < -0.4 is 19.3 Å². The van der Waals surface area contributed by atoms with Gasteiger partial charge in [0, 0.05) is 0 Å². The van der Waals surface area contributed by atoms with E-state index in [1.165, 1.54) is 9.80 Å². The molecule has 0 amide bonds. The Kier molecular flexibility index (Phi) is 7.64. The second-order valence-corrected chi connectivity index (χ2v) is 5.37. The molecule has 2 aromatic rings. The van der Waals surface area contributed by atoms with Gasteiger partial charge in [-0.15, -0.1) is 0 Å². The highest BCUT2D eigenvalue weighted by molar-refractivity contribution is 5.55. The van der Waals surface area contributed by atoms with Crippen molar-refractivity contribution in [3.8, 4) is 47.6 Å². The minimum atomic E-state index is 0.220. The fourth-order valence-corrected chi connectivity index (χ4v) is 2.22. The van der Waals surface area contributed by atoms with Crippen molar-refractivity contribution in [2.24, 2.45) is 0 Å². The topological polar surface area (TPSA) is 72.5 Å². The summed E-state index contributed by atoms with van der Waals surface area (Å²) in [6, 6.07) is 14.3. The normalized spacial score (nSPS) is 8.71. The van der Waals surface area contributed by atoms with Crippen LogP contribution in [0, 0.1) is 46.6 Å². The number of ether oxygens (including phenoxy) is 2. The molecule has 28 heavy (non-hydrogen) atoms. The molecule has 0 fully saturated rings. The molecule has 0 aliphatic heterocycles. The van der Waals surface area contributed by atoms with E-state index in [1.54, 1.807) is 62.8 Å². The van der Waals surface area contributed by atoms with E-state index in [0.29, 0.717) is 0 Å². The zero-order chi connectivity index (χ0) is 20.2. The van der Waals surface area contributed by atoms with Gasteiger partial charge in [0.2, 0.25) is 0 Å². The van der Waals surface area contributed by atoms with E-state index in [4.69, 9.17) is 9.47 Å². The molecule has 0 radical (unpaired) electrons. The van der Waals surface area contributed by atoms with Crippen LogP contribution in [-0.4, -0.2) is 27.3 Å². The van der Waals surface area contributed by atoms with E-state index in [1.807, 2.05) is 0 Å². The summed E-state index contributed by atoms with van der Waals surface area (Å²) in [6.45, 7) is 0.440. The van der Waals surface area contributed by atoms with E-state index in [2.05, 4.69) is 36.1 Å². The second-order valence-electron chi connectivity index (χ2n) is 5.37. The standard InChI is InChI=1S/C22H18N4O2/c1-27-21-11-7-19(8-12-21)25(17-23)15-5-3-4-6-16-26(18-24)20-9-13-22(28-2)14-10-20/h7-14H,15-16H2,1-2H3. The van der Waals surface area contributed by atoms with Crippen LogP contribution in [0.25, 0.3) is 0 Å². The highest BCUT2D eigenvalue weighted by Gasteiger charge is 2.04. The molecule has 138 valence electrons. The molecule has 0 heterocycles. The Balaban J connectivity index is 1.93. The van der Waals surface area contributed by atoms with E-state index >= 15 is 0 Å². The number of anilines is 2. The lowest BCUT2D eigenvalue weighted by Crippen LogP contribution is -2.16. The van der Waals surface area contributed by atoms with Crippen molar-refractivity contribution >= 4 is 11.4 Å². The van der Waals surface area contributed by atoms with Crippen LogP contribution in [0.3, 0.4) is 0 Å². The van der Waals surface area contributed by atoms with Gasteiger partial charge in [0.1, 0.15) is 11.5 Å². The minimum absolute atomic E-state index is 0.220. The maximum Gasteiger partial charge on any atom is 0.185 e. The average molecular weight is 370 g/mol. The van der Waals surface area contributed by atoms with E-state index in [9.17, 15) is 10.5 Å². The monoisotopic (exact) mass is 370 g/mol. The van der Waals surface area contributed by atoms with Crippen LogP contribution in [0.5, 0.6) is 11.5 Å². The predicted octanol–water partition coefficient (Wildman–Crippen LogP) is 2.99. The van der Waals surface area contributed by atoms with E-state index in [0.717, 1.165) is 22.9 Å². The van der Waals surface area contributed by atoms with Gasteiger partial charge in [-0.05, 0) is 60.4 Å². The molecule has 0 saturated heterocycles. The molecule has 2 rings (SSSR count). The lowest BCUT2D eigenvalue weighted by Gasteiger charge is -2.12. The maximum atomic E-state index is 9.27. The first-order valence-corrected chi connectivity index (χ1v) is 8.30. The zero-order valence-corrected chi connectivity index (χ0v) is 15.6. The van der Waals surface area contributed by atoms with E-state index < -0.39 is 0 Å². The summed E-state index contributed by atoms with van der Waals surface area (Å²) in [5, 5.41) is 18.5. The van der Waals surface area contributed by atoms with Gasteiger partial charge in [0.05, 0.1) is 38.7 Å². The lowest BCUT2D eigenvalue weighted by molar-refractivity contribution is 0.414. The highest BCUT2D eigenvalue weighted by atomic mass is 16.5. The average Bonchev–Trinajstić information content (AvgIpc) is 2.76. The quantitative estimate of drug-likeness (QED) is 0.442. The molecule has 0 atom stereocenters. The Morgan fingerprint density at radius 1 is 0.679 bits per heavy atom. The van der Waals surface area contributed by atoms with Gasteiger partial charge in [-0.25, -0.2) is 0 Å². The van der Waals surface area contributed by atoms with Gasteiger partial charge < -0.3 is 9.47 Å². The number of nitriles is 2. The molecule has 6 nitrogen and oxygen atoms in total. The third-order valence-electron chi connectivity index (χ3n) is 3.72. The second kappa shape index (κ2) is 10.7. The first-order chi connectivity index (χ1) is 13.7. The van der Waals surface area contributed by atoms with E-state index in [-0.39, 0.29) is 13.1 Å². The summed E-state index contributed by atoms with van der Waals surface area (Å²) in [6.07, 6.45) is 4.17. The Bertz CT molecular complexity index is 895. The fourth-order valence-electron chi connectivity index (χ4n) is 2.22. The molecule has 0 aromatic heterocycles. The summed E-state index contributed by atoms with van der Waals surface area (Å²) >= 11 is 0. The maximum absolute atomic E-state index is 9.27. The number of hydrogen-bond donors (Lipinski definition) is 0. The molecule has 2 aromatic carbocycles. The Hall–Kier alpha value is -4.26. The van der Waals surface area contributed by atoms with Crippen LogP contribution >= 0.6 is 0 Å². The first kappa shape index (κ1) is 20.1. The smallest absolute Gasteiger partial charge is 0.185 e. The summed E-state index contributed by atoms with van der Waals surface area (Å²) in [5.41, 5.74) is 1.45. The minimum Gasteiger partial charge on any atom is -0.497 e. The van der Waals surface area contributed by atoms with Crippen molar-refractivity contribution in [3.05, 3.63) is 48.5 Å². The molecule has 0 aliphatic rings. The van der Waals surface area contributed by atoms with Gasteiger partial charge >= 0.3 is 0 Å². The number of benzene rings is 2. The van der Waals surface area contributed by atoms with Crippen LogP contribution in [0.4, 0.5) is 11.4 Å². The predicted molar refractivity (Wildman–Crippen MR) is 107 cm³/mol. The summed E-state index contributed by atoms with van der Waals surface area (Å²) in [7, 11) is 3.17. The van der Waals surface area contributed by atoms with Crippen molar-refractivity contribution in [2.75, 3.05) is 37.1 Å². The van der Waals surface area contributed by atoms with Gasteiger partial charge in [-0.1, -0.05) is 11.8 Å². The third kappa shape index (κ3) is 5.63. The SMILES string of the molecule is COc1ccc(N(C#N)CC#CC#CCN(C#N)c2ccc(OC)cc2)cc1. The fraction of sp³-hybridized carbons (Fsp3) is 0.182. The summed E-state index contributed by atoms with van der Waals surface area (Å²) in [4.78, 5) is 2.90. The zero-order valence-electron chi connectivity index (χ0n) is 15.6. The van der Waals surface area contributed by atoms with Crippen LogP contribution in [0.2, 0.25) is 0 Å². The Labute approximate surface area is 165 Å². The molecular formula is C22H18N4O2. The number of nitrogens with zero attached hydrogens (tertiary/aromatic N) is 4. The summed E-state index contributed by atoms with van der Waals surface area (Å²) < 4.78 is 10.2. The van der Waals surface area contributed by atoms with Gasteiger partial charge in [0.15, 0.2) is 12.4 Å². The van der Waals surface area contributed by atoms with Gasteiger partial charge in [-0.2, -0.15) is 10.5 Å². The van der Waals surface area contributed by atoms with Crippen LogP contribution in [-0.2, 0) is 0 Å². The third-order valence-corrected chi connectivity index (χ3v) is 3.72. The molecule has 6 heteroatoms. The number of methoxy groups -OCH3 is 2. The molecule has 0 bridgehead atoms. The number of rotatable bonds is 6. The Morgan fingerprint density at radius 3 is 1.32 bits per heavy atom. The highest BCUT2D eigenvalue weighted by Crippen LogP contribution is 2.19. The van der Waals surface area contributed by atoms with Gasteiger partial charge in [-0.3, -0.25) is 9.80 Å². The molecular weight excluding hydrogens is 352 g/mol.